The van der Waals surface area contributed by atoms with E-state index in [2.05, 4.69) is 64.3 Å². The average Bonchev–Trinajstić information content (AvgIpc) is 2.49. The number of hydrogen-bond acceptors (Lipinski definition) is 2. The van der Waals surface area contributed by atoms with Gasteiger partial charge in [0.1, 0.15) is 0 Å². The van der Waals surface area contributed by atoms with E-state index in [0.29, 0.717) is 0 Å². The molecule has 1 aromatic carbocycles. The lowest BCUT2D eigenvalue weighted by Gasteiger charge is -2.22. The third kappa shape index (κ3) is 9.52. The van der Waals surface area contributed by atoms with Crippen LogP contribution in [0.25, 0.3) is 0 Å². The van der Waals surface area contributed by atoms with Gasteiger partial charge in [0.05, 0.1) is 0 Å². The van der Waals surface area contributed by atoms with E-state index in [1.54, 1.807) is 0 Å². The van der Waals surface area contributed by atoms with Crippen molar-refractivity contribution in [3.63, 3.8) is 0 Å². The van der Waals surface area contributed by atoms with Gasteiger partial charge in [-0.15, -0.1) is 11.8 Å². The Kier molecular flexibility index (Phi) is 10.1. The first-order valence-corrected chi connectivity index (χ1v) is 10.9. The number of rotatable bonds is 10. The van der Waals surface area contributed by atoms with Gasteiger partial charge in [0.25, 0.3) is 0 Å². The van der Waals surface area contributed by atoms with Crippen molar-refractivity contribution in [2.75, 3.05) is 5.75 Å². The van der Waals surface area contributed by atoms with Gasteiger partial charge in [-0.1, -0.05) is 89.3 Å². The molecule has 2 heteroatoms. The van der Waals surface area contributed by atoms with Gasteiger partial charge in [-0.05, 0) is 42.1 Å². The van der Waals surface area contributed by atoms with Gasteiger partial charge in [-0.3, -0.25) is 0 Å². The molecule has 0 aliphatic rings. The van der Waals surface area contributed by atoms with Crippen LogP contribution < -0.4 is 0 Å². The number of allylic oxidation sites excluding steroid dienone is 1. The molecule has 1 aromatic rings. The van der Waals surface area contributed by atoms with Crippen LogP contribution in [-0.4, -0.2) is 5.75 Å². The van der Waals surface area contributed by atoms with Gasteiger partial charge in [-0.2, -0.15) is 0 Å². The number of hydrogen-bond donors (Lipinski definition) is 0. The van der Waals surface area contributed by atoms with Crippen molar-refractivity contribution in [2.45, 2.75) is 78.0 Å². The second-order valence-electron chi connectivity index (χ2n) is 7.29. The van der Waals surface area contributed by atoms with Crippen LogP contribution in [0, 0.1) is 12.3 Å². The molecular formula is C21H34S2. The minimum Gasteiger partial charge on any atom is -0.133 e. The zero-order valence-corrected chi connectivity index (χ0v) is 17.3. The van der Waals surface area contributed by atoms with Crippen molar-refractivity contribution < 1.29 is 0 Å². The summed E-state index contributed by atoms with van der Waals surface area (Å²) in [6.07, 6.45) is 8.28. The highest BCUT2D eigenvalue weighted by Gasteiger charge is 2.18. The van der Waals surface area contributed by atoms with Crippen LogP contribution >= 0.6 is 23.5 Å². The summed E-state index contributed by atoms with van der Waals surface area (Å²) in [5.41, 5.74) is 1.54. The molecule has 0 amide bonds. The molecule has 0 unspecified atom stereocenters. The monoisotopic (exact) mass is 350 g/mol. The number of thioether (sulfide) groups is 2. The largest absolute Gasteiger partial charge is 0.133 e. The van der Waals surface area contributed by atoms with Crippen LogP contribution in [0.4, 0.5) is 0 Å². The summed E-state index contributed by atoms with van der Waals surface area (Å²) < 4.78 is 0. The Morgan fingerprint density at radius 3 is 2.17 bits per heavy atom. The molecule has 0 fully saturated rings. The normalized spacial score (nSPS) is 12.7. The maximum Gasteiger partial charge on any atom is 0.0119 e. The van der Waals surface area contributed by atoms with Crippen molar-refractivity contribution in [1.82, 2.24) is 0 Å². The molecule has 0 bridgehead atoms. The van der Waals surface area contributed by atoms with Crippen LogP contribution in [-0.2, 0) is 0 Å². The Labute approximate surface area is 152 Å². The molecule has 0 heterocycles. The van der Waals surface area contributed by atoms with Crippen molar-refractivity contribution in [3.05, 3.63) is 40.1 Å². The molecule has 0 atom stereocenters. The van der Waals surface area contributed by atoms with E-state index in [1.807, 2.05) is 23.5 Å². The highest BCUT2D eigenvalue weighted by Crippen LogP contribution is 2.40. The zero-order valence-electron chi connectivity index (χ0n) is 15.7. The summed E-state index contributed by atoms with van der Waals surface area (Å²) in [6.45, 7) is 11.4. The molecule has 0 nitrogen and oxygen atoms in total. The third-order valence-electron chi connectivity index (χ3n) is 3.79. The summed E-state index contributed by atoms with van der Waals surface area (Å²) in [7, 11) is 0. The summed E-state index contributed by atoms with van der Waals surface area (Å²) in [4.78, 5) is 2.81. The Morgan fingerprint density at radius 1 is 0.957 bits per heavy atom. The lowest BCUT2D eigenvalue weighted by molar-refractivity contribution is 0.534. The quantitative estimate of drug-likeness (QED) is 0.309. The summed E-state index contributed by atoms with van der Waals surface area (Å²) in [5, 5.41) is 2.40. The van der Waals surface area contributed by atoms with Crippen molar-refractivity contribution >= 4 is 23.5 Å². The van der Waals surface area contributed by atoms with Crippen LogP contribution in [0.2, 0.25) is 0 Å². The molecule has 0 N–H and O–H groups in total. The van der Waals surface area contributed by atoms with Gasteiger partial charge in [0, 0.05) is 9.80 Å². The minimum atomic E-state index is 0.212. The Hall–Kier alpha value is -0.340. The van der Waals surface area contributed by atoms with E-state index in [1.165, 1.54) is 59.6 Å². The highest BCUT2D eigenvalue weighted by molar-refractivity contribution is 8.06. The summed E-state index contributed by atoms with van der Waals surface area (Å²) >= 11 is 3.91. The fourth-order valence-electron chi connectivity index (χ4n) is 2.19. The Morgan fingerprint density at radius 2 is 1.57 bits per heavy atom. The molecule has 0 aliphatic heterocycles. The highest BCUT2D eigenvalue weighted by atomic mass is 32.2. The number of aryl methyl sites for hydroxylation is 1. The van der Waals surface area contributed by atoms with E-state index in [4.69, 9.17) is 0 Å². The standard InChI is InChI=1S/C21H34S2/c1-6-7-8-9-10-11-16-22-17-20(21(3,4)5)23-19-14-12-18(2)13-15-19/h12-15,17H,6-11,16H2,1-5H3/b20-17-. The Bertz CT molecular complexity index is 452. The smallest absolute Gasteiger partial charge is 0.0119 e. The van der Waals surface area contributed by atoms with Crippen molar-refractivity contribution in [3.8, 4) is 0 Å². The molecule has 0 saturated carbocycles. The molecule has 0 spiro atoms. The predicted molar refractivity (Wildman–Crippen MR) is 110 cm³/mol. The molecular weight excluding hydrogens is 316 g/mol. The average molecular weight is 351 g/mol. The van der Waals surface area contributed by atoms with Crippen LogP contribution in [0.15, 0.2) is 39.5 Å². The molecule has 0 aromatic heterocycles. The first kappa shape index (κ1) is 20.7. The first-order chi connectivity index (χ1) is 10.9. The molecule has 23 heavy (non-hydrogen) atoms. The molecule has 0 radical (unpaired) electrons. The minimum absolute atomic E-state index is 0.212. The first-order valence-electron chi connectivity index (χ1n) is 9.00. The van der Waals surface area contributed by atoms with E-state index in [9.17, 15) is 0 Å². The van der Waals surface area contributed by atoms with Gasteiger partial charge in [0.15, 0.2) is 0 Å². The van der Waals surface area contributed by atoms with Crippen LogP contribution in [0.3, 0.4) is 0 Å². The second kappa shape index (κ2) is 11.3. The van der Waals surface area contributed by atoms with E-state index in [-0.39, 0.29) is 5.41 Å². The second-order valence-corrected chi connectivity index (χ2v) is 9.38. The molecule has 1 rings (SSSR count). The maximum atomic E-state index is 2.40. The topological polar surface area (TPSA) is 0 Å². The third-order valence-corrected chi connectivity index (χ3v) is 6.33. The van der Waals surface area contributed by atoms with Crippen molar-refractivity contribution in [2.24, 2.45) is 5.41 Å². The lowest BCUT2D eigenvalue weighted by atomic mass is 9.97. The molecule has 130 valence electrons. The lowest BCUT2D eigenvalue weighted by Crippen LogP contribution is -2.06. The fraction of sp³-hybridized carbons (Fsp3) is 0.619. The van der Waals surface area contributed by atoms with Gasteiger partial charge in [-0.25, -0.2) is 0 Å². The maximum absolute atomic E-state index is 2.40. The molecule has 0 aliphatic carbocycles. The van der Waals surface area contributed by atoms with E-state index < -0.39 is 0 Å². The molecule has 0 saturated heterocycles. The fourth-order valence-corrected chi connectivity index (χ4v) is 4.41. The van der Waals surface area contributed by atoms with Gasteiger partial charge < -0.3 is 0 Å². The van der Waals surface area contributed by atoms with Crippen molar-refractivity contribution in [1.29, 1.82) is 0 Å². The number of unbranched alkanes of at least 4 members (excludes halogenated alkanes) is 5. The number of benzene rings is 1. The predicted octanol–water partition coefficient (Wildman–Crippen LogP) is 8.07. The van der Waals surface area contributed by atoms with Gasteiger partial charge in [0.2, 0.25) is 0 Å². The summed E-state index contributed by atoms with van der Waals surface area (Å²) in [5.74, 6) is 1.25. The van der Waals surface area contributed by atoms with Gasteiger partial charge >= 0.3 is 0 Å². The van der Waals surface area contributed by atoms with E-state index >= 15 is 0 Å². The van der Waals surface area contributed by atoms with E-state index in [0.717, 1.165) is 0 Å². The zero-order chi connectivity index (χ0) is 17.1. The Balaban J connectivity index is 2.43. The SMILES string of the molecule is CCCCCCCCS/C=C(\Sc1ccc(C)cc1)C(C)(C)C. The van der Waals surface area contributed by atoms with Crippen LogP contribution in [0.1, 0.15) is 71.8 Å². The van der Waals surface area contributed by atoms with Crippen LogP contribution in [0.5, 0.6) is 0 Å². The summed E-state index contributed by atoms with van der Waals surface area (Å²) in [6, 6.07) is 8.87.